The van der Waals surface area contributed by atoms with Crippen molar-refractivity contribution in [1.29, 1.82) is 0 Å². The van der Waals surface area contributed by atoms with Gasteiger partial charge in [0, 0.05) is 45.2 Å². The quantitative estimate of drug-likeness (QED) is 0.197. The molecular weight excluding hydrogens is 438 g/mol. The molecule has 36 heavy (non-hydrogen) atoms. The number of benzene rings is 4. The van der Waals surface area contributed by atoms with E-state index in [0.29, 0.717) is 0 Å². The van der Waals surface area contributed by atoms with E-state index >= 15 is 0 Å². The van der Waals surface area contributed by atoms with Gasteiger partial charge in [-0.15, -0.1) is 0 Å². The lowest BCUT2D eigenvalue weighted by molar-refractivity contribution is 1.31. The minimum absolute atomic E-state index is 0.935. The predicted octanol–water partition coefficient (Wildman–Crippen LogP) is 8.33. The summed E-state index contributed by atoms with van der Waals surface area (Å²) >= 11 is 0. The first-order valence-corrected chi connectivity index (χ1v) is 12.0. The van der Waals surface area contributed by atoms with E-state index in [-0.39, 0.29) is 0 Å². The number of para-hydroxylation sites is 1. The maximum Gasteiger partial charge on any atom is 0.0794 e. The van der Waals surface area contributed by atoms with E-state index in [1.54, 1.807) is 0 Å². The summed E-state index contributed by atoms with van der Waals surface area (Å²) in [6.07, 6.45) is 3.68. The first-order chi connectivity index (χ1) is 17.8. The Labute approximate surface area is 208 Å². The summed E-state index contributed by atoms with van der Waals surface area (Å²) in [5.41, 5.74) is 8.29. The van der Waals surface area contributed by atoms with Gasteiger partial charge < -0.3 is 0 Å². The summed E-state index contributed by atoms with van der Waals surface area (Å²) in [5.74, 6) is 0. The summed E-state index contributed by atoms with van der Waals surface area (Å²) in [5, 5.41) is 4.62. The van der Waals surface area contributed by atoms with Gasteiger partial charge in [0.25, 0.3) is 0 Å². The maximum absolute atomic E-state index is 5.13. The van der Waals surface area contributed by atoms with Gasteiger partial charge in [-0.1, -0.05) is 66.7 Å². The first-order valence-electron chi connectivity index (χ1n) is 12.0. The van der Waals surface area contributed by atoms with Gasteiger partial charge in [-0.05, 0) is 59.5 Å². The van der Waals surface area contributed by atoms with Gasteiger partial charge >= 0.3 is 0 Å². The molecule has 0 unspecified atom stereocenters. The molecule has 0 amide bonds. The van der Waals surface area contributed by atoms with Crippen LogP contribution < -0.4 is 0 Å². The smallest absolute Gasteiger partial charge is 0.0794 e. The summed E-state index contributed by atoms with van der Waals surface area (Å²) < 4.78 is 0. The Kier molecular flexibility index (Phi) is 4.78. The molecule has 0 saturated heterocycles. The molecule has 3 nitrogen and oxygen atoms in total. The molecule has 168 valence electrons. The normalized spacial score (nSPS) is 11.3. The molecule has 0 N–H and O–H groups in total. The molecule has 0 bridgehead atoms. The van der Waals surface area contributed by atoms with Crippen LogP contribution >= 0.6 is 0 Å². The highest BCUT2D eigenvalue weighted by molar-refractivity contribution is 6.17. The molecule has 0 spiro atoms. The topological polar surface area (TPSA) is 38.7 Å². The number of hydrogen-bond donors (Lipinski definition) is 0. The van der Waals surface area contributed by atoms with Gasteiger partial charge in [0.15, 0.2) is 0 Å². The van der Waals surface area contributed by atoms with Crippen molar-refractivity contribution in [2.45, 2.75) is 0 Å². The van der Waals surface area contributed by atoms with Crippen LogP contribution in [0.2, 0.25) is 0 Å². The molecule has 0 saturated carbocycles. The average molecular weight is 460 g/mol. The van der Waals surface area contributed by atoms with Gasteiger partial charge in [0.2, 0.25) is 0 Å². The molecule has 0 atom stereocenters. The van der Waals surface area contributed by atoms with Gasteiger partial charge in [0.1, 0.15) is 0 Å². The monoisotopic (exact) mass is 459 g/mol. The van der Waals surface area contributed by atoms with E-state index < -0.39 is 0 Å². The predicted molar refractivity (Wildman–Crippen MR) is 149 cm³/mol. The van der Waals surface area contributed by atoms with E-state index in [9.17, 15) is 0 Å². The van der Waals surface area contributed by atoms with E-state index in [2.05, 4.69) is 101 Å². The molecule has 7 rings (SSSR count). The SMILES string of the molecule is c1ccc(-c2cc(-c3ccccn3)cc(-c3c4ccccc4nc4c3ccc3ccccc34)c2)nc1. The third-order valence-electron chi connectivity index (χ3n) is 6.72. The van der Waals surface area contributed by atoms with Gasteiger partial charge in [-0.2, -0.15) is 0 Å². The molecule has 0 fully saturated rings. The number of aromatic nitrogens is 3. The van der Waals surface area contributed by atoms with E-state index in [4.69, 9.17) is 4.98 Å². The molecule has 0 radical (unpaired) electrons. The highest BCUT2D eigenvalue weighted by atomic mass is 14.7. The summed E-state index contributed by atoms with van der Waals surface area (Å²) in [6.45, 7) is 0. The minimum atomic E-state index is 0.935. The molecule has 3 heteroatoms. The second kappa shape index (κ2) is 8.40. The van der Waals surface area contributed by atoms with Crippen molar-refractivity contribution in [2.75, 3.05) is 0 Å². The highest BCUT2D eigenvalue weighted by Gasteiger charge is 2.16. The zero-order valence-corrected chi connectivity index (χ0v) is 19.5. The summed E-state index contributed by atoms with van der Waals surface area (Å²) in [4.78, 5) is 14.4. The number of nitrogens with zero attached hydrogens (tertiary/aromatic N) is 3. The lowest BCUT2D eigenvalue weighted by atomic mass is 9.91. The van der Waals surface area contributed by atoms with Crippen LogP contribution in [0, 0.1) is 0 Å². The Hall–Kier alpha value is -4.89. The van der Waals surface area contributed by atoms with Gasteiger partial charge in [-0.3, -0.25) is 9.97 Å². The minimum Gasteiger partial charge on any atom is -0.256 e. The van der Waals surface area contributed by atoms with Crippen LogP contribution in [-0.4, -0.2) is 15.0 Å². The van der Waals surface area contributed by atoms with E-state index in [1.165, 1.54) is 10.9 Å². The number of pyridine rings is 3. The van der Waals surface area contributed by atoms with Gasteiger partial charge in [-0.25, -0.2) is 4.98 Å². The molecule has 3 aromatic heterocycles. The number of fused-ring (bicyclic) bond motifs is 4. The van der Waals surface area contributed by atoms with Crippen molar-refractivity contribution < 1.29 is 0 Å². The third kappa shape index (κ3) is 3.41. The Balaban J connectivity index is 1.61. The van der Waals surface area contributed by atoms with Crippen LogP contribution in [0.25, 0.3) is 66.2 Å². The zero-order chi connectivity index (χ0) is 23.9. The van der Waals surface area contributed by atoms with Crippen LogP contribution in [0.15, 0.2) is 128 Å². The highest BCUT2D eigenvalue weighted by Crippen LogP contribution is 2.40. The van der Waals surface area contributed by atoms with Crippen molar-refractivity contribution in [3.63, 3.8) is 0 Å². The zero-order valence-electron chi connectivity index (χ0n) is 19.5. The van der Waals surface area contributed by atoms with E-state index in [1.807, 2.05) is 36.7 Å². The van der Waals surface area contributed by atoms with Crippen LogP contribution in [0.4, 0.5) is 0 Å². The standard InChI is InChI=1S/C33H21N3/c1-2-10-26-22(9-1)15-16-28-32(27-11-3-4-14-31(27)36-33(26)28)25-20-23(29-12-5-7-17-34-29)19-24(21-25)30-13-6-8-18-35-30/h1-21H. The Morgan fingerprint density at radius 3 is 1.75 bits per heavy atom. The number of hydrogen-bond acceptors (Lipinski definition) is 3. The molecule has 7 aromatic rings. The number of rotatable bonds is 3. The third-order valence-corrected chi connectivity index (χ3v) is 6.72. The Morgan fingerprint density at radius 2 is 1.06 bits per heavy atom. The van der Waals surface area contributed by atoms with Crippen molar-refractivity contribution in [3.05, 3.63) is 128 Å². The fourth-order valence-corrected chi connectivity index (χ4v) is 5.07. The maximum atomic E-state index is 5.13. The molecule has 3 heterocycles. The van der Waals surface area contributed by atoms with Crippen molar-refractivity contribution in [2.24, 2.45) is 0 Å². The average Bonchev–Trinajstić information content (AvgIpc) is 2.96. The largest absolute Gasteiger partial charge is 0.256 e. The summed E-state index contributed by atoms with van der Waals surface area (Å²) in [7, 11) is 0. The Bertz CT molecular complexity index is 1820. The molecular formula is C33H21N3. The molecule has 0 aliphatic carbocycles. The second-order valence-corrected chi connectivity index (χ2v) is 8.92. The fourth-order valence-electron chi connectivity index (χ4n) is 5.07. The van der Waals surface area contributed by atoms with Crippen molar-refractivity contribution >= 4 is 32.6 Å². The van der Waals surface area contributed by atoms with Crippen LogP contribution in [-0.2, 0) is 0 Å². The van der Waals surface area contributed by atoms with Crippen LogP contribution in [0.5, 0.6) is 0 Å². The van der Waals surface area contributed by atoms with Crippen molar-refractivity contribution in [3.8, 4) is 33.6 Å². The fraction of sp³-hybridized carbons (Fsp3) is 0. The van der Waals surface area contributed by atoms with Crippen LogP contribution in [0.1, 0.15) is 0 Å². The lowest BCUT2D eigenvalue weighted by Crippen LogP contribution is -1.93. The van der Waals surface area contributed by atoms with Crippen LogP contribution in [0.3, 0.4) is 0 Å². The molecule has 0 aliphatic heterocycles. The van der Waals surface area contributed by atoms with Gasteiger partial charge in [0.05, 0.1) is 22.4 Å². The second-order valence-electron chi connectivity index (χ2n) is 8.92. The molecule has 0 aliphatic rings. The molecule has 4 aromatic carbocycles. The van der Waals surface area contributed by atoms with Crippen molar-refractivity contribution in [1.82, 2.24) is 15.0 Å². The first kappa shape index (κ1) is 20.5. The summed E-state index contributed by atoms with van der Waals surface area (Å²) in [6, 6.07) is 40.0. The van der Waals surface area contributed by atoms with E-state index in [0.717, 1.165) is 55.3 Å². The lowest BCUT2D eigenvalue weighted by Gasteiger charge is -2.15. The Morgan fingerprint density at radius 1 is 0.444 bits per heavy atom.